The van der Waals surface area contributed by atoms with E-state index >= 15 is 0 Å². The quantitative estimate of drug-likeness (QED) is 0.303. The number of non-ortho nitro benzene ring substituents is 1. The van der Waals surface area contributed by atoms with Gasteiger partial charge in [0.05, 0.1) is 18.4 Å². The maximum absolute atomic E-state index is 10.8. The molecule has 1 aliphatic rings. The topological polar surface area (TPSA) is 49.4 Å². The first-order chi connectivity index (χ1) is 10.6. The van der Waals surface area contributed by atoms with Crippen LogP contribution in [0.4, 0.5) is 5.69 Å². The van der Waals surface area contributed by atoms with Crippen molar-refractivity contribution in [2.45, 2.75) is 12.5 Å². The summed E-state index contributed by atoms with van der Waals surface area (Å²) in [6.07, 6.45) is 0.884. The second-order valence-corrected chi connectivity index (χ2v) is 5.48. The fourth-order valence-electron chi connectivity index (χ4n) is 2.94. The number of hydrogen-bond acceptors (Lipinski definition) is 3. The molecule has 1 aliphatic heterocycles. The molecule has 6 heteroatoms. The Bertz CT molecular complexity index is 729. The van der Waals surface area contributed by atoms with Gasteiger partial charge in [-0.3, -0.25) is 10.1 Å². The van der Waals surface area contributed by atoms with Gasteiger partial charge in [0.1, 0.15) is 6.04 Å². The van der Waals surface area contributed by atoms with Crippen LogP contribution in [0.25, 0.3) is 0 Å². The van der Waals surface area contributed by atoms with Gasteiger partial charge in [0.25, 0.3) is 5.69 Å². The van der Waals surface area contributed by atoms with Crippen LogP contribution in [0, 0.1) is 10.1 Å². The number of benzene rings is 2. The molecule has 2 aromatic rings. The van der Waals surface area contributed by atoms with E-state index in [0.29, 0.717) is 0 Å². The van der Waals surface area contributed by atoms with Gasteiger partial charge in [0.15, 0.2) is 7.05 Å². The molecule has 0 saturated heterocycles. The minimum absolute atomic E-state index is 0. The summed E-state index contributed by atoms with van der Waals surface area (Å²) in [7, 11) is 4.09. The Labute approximate surface area is 152 Å². The highest BCUT2D eigenvalue weighted by Crippen LogP contribution is 2.30. The molecule has 3 rings (SSSR count). The highest BCUT2D eigenvalue weighted by atomic mass is 127. The third-order valence-electron chi connectivity index (χ3n) is 4.30. The lowest BCUT2D eigenvalue weighted by atomic mass is 9.98. The molecule has 1 unspecified atom stereocenters. The Morgan fingerprint density at radius 1 is 1.13 bits per heavy atom. The summed E-state index contributed by atoms with van der Waals surface area (Å²) in [4.78, 5) is 10.4. The first-order valence-corrected chi connectivity index (χ1v) is 7.20. The monoisotopic (exact) mass is 423 g/mol. The van der Waals surface area contributed by atoms with E-state index in [2.05, 4.69) is 28.9 Å². The maximum Gasteiger partial charge on any atom is 0.269 e. The average molecular weight is 423 g/mol. The zero-order valence-corrected chi connectivity index (χ0v) is 15.2. The number of nitro benzene ring substituents is 1. The number of hydrazine groups is 1. The Morgan fingerprint density at radius 3 is 2.30 bits per heavy atom. The van der Waals surface area contributed by atoms with Gasteiger partial charge in [-0.1, -0.05) is 30.3 Å². The minimum atomic E-state index is -0.369. The van der Waals surface area contributed by atoms with Gasteiger partial charge in [-0.05, 0) is 17.7 Å². The average Bonchev–Trinajstić information content (AvgIpc) is 2.84. The van der Waals surface area contributed by atoms with Crippen LogP contribution in [-0.2, 0) is 0 Å². The fraction of sp³-hybridized carbons (Fsp3) is 0.235. The van der Waals surface area contributed by atoms with Crippen molar-refractivity contribution in [1.82, 2.24) is 5.01 Å². The number of hydrogen-bond donors (Lipinski definition) is 0. The van der Waals surface area contributed by atoms with Gasteiger partial charge in [-0.2, -0.15) is 5.01 Å². The summed E-state index contributed by atoms with van der Waals surface area (Å²) in [6.45, 7) is 0. The van der Waals surface area contributed by atoms with Crippen molar-refractivity contribution in [2.75, 3.05) is 14.1 Å². The Balaban J connectivity index is 0.00000192. The molecule has 0 radical (unpaired) electrons. The van der Waals surface area contributed by atoms with Gasteiger partial charge in [0.2, 0.25) is 5.71 Å². The van der Waals surface area contributed by atoms with E-state index in [1.54, 1.807) is 12.1 Å². The molecular formula is C17H18IN3O2. The zero-order valence-electron chi connectivity index (χ0n) is 13.0. The highest BCUT2D eigenvalue weighted by molar-refractivity contribution is 5.98. The van der Waals surface area contributed by atoms with Gasteiger partial charge in [-0.25, -0.2) is 0 Å². The van der Waals surface area contributed by atoms with Gasteiger partial charge in [0, 0.05) is 17.7 Å². The summed E-state index contributed by atoms with van der Waals surface area (Å²) in [6, 6.07) is 17.4. The van der Waals surface area contributed by atoms with E-state index < -0.39 is 0 Å². The molecule has 2 aromatic carbocycles. The summed E-state index contributed by atoms with van der Waals surface area (Å²) >= 11 is 0. The molecule has 0 N–H and O–H groups in total. The molecule has 0 amide bonds. The third-order valence-corrected chi connectivity index (χ3v) is 4.30. The first-order valence-electron chi connectivity index (χ1n) is 7.20. The van der Waals surface area contributed by atoms with Crippen LogP contribution in [0.2, 0.25) is 0 Å². The predicted octanol–water partition coefficient (Wildman–Crippen LogP) is 0.0220. The van der Waals surface area contributed by atoms with Crippen LogP contribution in [0.1, 0.15) is 23.6 Å². The van der Waals surface area contributed by atoms with E-state index in [1.165, 1.54) is 11.3 Å². The van der Waals surface area contributed by atoms with E-state index in [9.17, 15) is 10.1 Å². The molecule has 0 aliphatic carbocycles. The molecule has 1 atom stereocenters. The molecule has 120 valence electrons. The van der Waals surface area contributed by atoms with Gasteiger partial charge >= 0.3 is 0 Å². The summed E-state index contributed by atoms with van der Waals surface area (Å²) in [5.41, 5.74) is 3.59. The Hall–Kier alpha value is -1.96. The molecule has 1 heterocycles. The van der Waals surface area contributed by atoms with Crippen LogP contribution in [0.5, 0.6) is 0 Å². The van der Waals surface area contributed by atoms with Crippen molar-refractivity contribution >= 4 is 11.4 Å². The van der Waals surface area contributed by atoms with E-state index in [4.69, 9.17) is 0 Å². The third kappa shape index (κ3) is 3.36. The van der Waals surface area contributed by atoms with Crippen LogP contribution >= 0.6 is 0 Å². The molecule has 23 heavy (non-hydrogen) atoms. The maximum atomic E-state index is 10.8. The highest BCUT2D eigenvalue weighted by Gasteiger charge is 2.36. The SMILES string of the molecule is CN1C(c2ccccc2)CC(c2ccc([N+](=O)[O-])cc2)=[N+]1C.[I-]. The summed E-state index contributed by atoms with van der Waals surface area (Å²) < 4.78 is 2.12. The molecule has 5 nitrogen and oxygen atoms in total. The molecule has 0 saturated carbocycles. The molecular weight excluding hydrogens is 405 g/mol. The second kappa shape index (κ2) is 7.08. The minimum Gasteiger partial charge on any atom is -1.00 e. The lowest BCUT2D eigenvalue weighted by molar-refractivity contribution is -0.660. The molecule has 0 spiro atoms. The van der Waals surface area contributed by atoms with Crippen molar-refractivity contribution in [2.24, 2.45) is 0 Å². The van der Waals surface area contributed by atoms with Crippen LogP contribution < -0.4 is 24.0 Å². The van der Waals surface area contributed by atoms with Crippen LogP contribution in [0.15, 0.2) is 54.6 Å². The second-order valence-electron chi connectivity index (χ2n) is 5.48. The number of hydrazone groups is 1. The largest absolute Gasteiger partial charge is 1.00 e. The fourth-order valence-corrected chi connectivity index (χ4v) is 2.94. The molecule has 0 bridgehead atoms. The lowest BCUT2D eigenvalue weighted by Gasteiger charge is -2.16. The van der Waals surface area contributed by atoms with Crippen molar-refractivity contribution in [3.8, 4) is 0 Å². The van der Waals surface area contributed by atoms with Crippen LogP contribution in [0.3, 0.4) is 0 Å². The Kier molecular flexibility index (Phi) is 5.35. The summed E-state index contributed by atoms with van der Waals surface area (Å²) in [5, 5.41) is 13.0. The standard InChI is InChI=1S/C17H18N3O2.HI/c1-18-16(13-6-4-3-5-7-13)12-17(19(18)2)14-8-10-15(11-9-14)20(21)22;/h3-11,16H,12H2,1-2H3;1H/q+1;/p-1. The van der Waals surface area contributed by atoms with E-state index in [-0.39, 0.29) is 40.6 Å². The number of nitrogens with zero attached hydrogens (tertiary/aromatic N) is 3. The zero-order chi connectivity index (χ0) is 15.7. The Morgan fingerprint density at radius 2 is 1.74 bits per heavy atom. The molecule has 0 fully saturated rings. The molecule has 0 aromatic heterocycles. The number of nitro groups is 1. The van der Waals surface area contributed by atoms with Crippen LogP contribution in [-0.4, -0.2) is 34.4 Å². The predicted molar refractivity (Wildman–Crippen MR) is 85.0 cm³/mol. The van der Waals surface area contributed by atoms with E-state index in [0.717, 1.165) is 12.0 Å². The van der Waals surface area contributed by atoms with Gasteiger partial charge < -0.3 is 24.0 Å². The summed E-state index contributed by atoms with van der Waals surface area (Å²) in [5.74, 6) is 0. The normalized spacial score (nSPS) is 17.1. The van der Waals surface area contributed by atoms with Crippen molar-refractivity contribution < 1.29 is 33.6 Å². The number of rotatable bonds is 3. The lowest BCUT2D eigenvalue weighted by Crippen LogP contribution is -3.00. The van der Waals surface area contributed by atoms with Gasteiger partial charge in [-0.15, -0.1) is 4.68 Å². The van der Waals surface area contributed by atoms with E-state index in [1.807, 2.05) is 37.4 Å². The van der Waals surface area contributed by atoms with Crippen molar-refractivity contribution in [3.63, 3.8) is 0 Å². The van der Waals surface area contributed by atoms with Crippen molar-refractivity contribution in [1.29, 1.82) is 0 Å². The first kappa shape index (κ1) is 17.4. The van der Waals surface area contributed by atoms with Crippen molar-refractivity contribution in [3.05, 3.63) is 75.8 Å². The number of halogens is 1. The smallest absolute Gasteiger partial charge is 0.269 e.